The Morgan fingerprint density at radius 1 is 1.03 bits per heavy atom. The van der Waals surface area contributed by atoms with Crippen molar-refractivity contribution < 1.29 is 14.7 Å². The van der Waals surface area contributed by atoms with Crippen LogP contribution in [0, 0.1) is 6.92 Å². The number of rotatable bonds is 3. The molecule has 1 N–H and O–H groups in total. The van der Waals surface area contributed by atoms with Gasteiger partial charge in [0.05, 0.1) is 5.56 Å². The van der Waals surface area contributed by atoms with E-state index in [0.29, 0.717) is 38.2 Å². The average Bonchev–Trinajstić information content (AvgIpc) is 3.45. The molecule has 0 unspecified atom stereocenters. The molecule has 2 fully saturated rings. The van der Waals surface area contributed by atoms with E-state index in [0.717, 1.165) is 42.4 Å². The van der Waals surface area contributed by atoms with Gasteiger partial charge in [-0.1, -0.05) is 6.07 Å². The molecular weight excluding hydrogens is 394 g/mol. The third-order valence-electron chi connectivity index (χ3n) is 6.64. The first-order valence-corrected chi connectivity index (χ1v) is 11.1. The van der Waals surface area contributed by atoms with Crippen LogP contribution in [0.2, 0.25) is 0 Å². The number of aryl methyl sites for hydroxylation is 1. The van der Waals surface area contributed by atoms with E-state index in [1.54, 1.807) is 26.5 Å². The van der Waals surface area contributed by atoms with Gasteiger partial charge in [-0.15, -0.1) is 0 Å². The van der Waals surface area contributed by atoms with Gasteiger partial charge in [-0.2, -0.15) is 0 Å². The van der Waals surface area contributed by atoms with Gasteiger partial charge >= 0.3 is 0 Å². The number of aromatic hydroxyl groups is 1. The summed E-state index contributed by atoms with van der Waals surface area (Å²) in [6, 6.07) is 5.19. The summed E-state index contributed by atoms with van der Waals surface area (Å²) in [5.41, 5.74) is 2.93. The first-order chi connectivity index (χ1) is 14.9. The quantitative estimate of drug-likeness (QED) is 0.826. The van der Waals surface area contributed by atoms with E-state index in [1.165, 1.54) is 0 Å². The van der Waals surface area contributed by atoms with Gasteiger partial charge in [0.1, 0.15) is 11.3 Å². The molecule has 1 saturated heterocycles. The van der Waals surface area contributed by atoms with Crippen LogP contribution in [-0.2, 0) is 13.0 Å². The van der Waals surface area contributed by atoms with E-state index in [2.05, 4.69) is 0 Å². The Labute approximate surface area is 180 Å². The first kappa shape index (κ1) is 19.8. The molecule has 7 nitrogen and oxygen atoms in total. The number of aromatic nitrogens is 1. The zero-order valence-electron chi connectivity index (χ0n) is 17.8. The maximum absolute atomic E-state index is 13.2. The van der Waals surface area contributed by atoms with Gasteiger partial charge in [0, 0.05) is 38.4 Å². The molecule has 3 heterocycles. The monoisotopic (exact) mass is 421 g/mol. The van der Waals surface area contributed by atoms with Gasteiger partial charge in [-0.25, -0.2) is 0 Å². The van der Waals surface area contributed by atoms with Crippen molar-refractivity contribution in [2.45, 2.75) is 51.6 Å². The molecule has 0 spiro atoms. The van der Waals surface area contributed by atoms with Crippen molar-refractivity contribution in [3.63, 3.8) is 0 Å². The lowest BCUT2D eigenvalue weighted by Gasteiger charge is -2.31. The number of likely N-dealkylation sites (tertiary alicyclic amines) is 1. The summed E-state index contributed by atoms with van der Waals surface area (Å²) in [7, 11) is 0. The smallest absolute Gasteiger partial charge is 0.263 e. The van der Waals surface area contributed by atoms with Crippen LogP contribution in [0.4, 0.5) is 0 Å². The predicted molar refractivity (Wildman–Crippen MR) is 115 cm³/mol. The van der Waals surface area contributed by atoms with Crippen molar-refractivity contribution >= 4 is 11.8 Å². The molecule has 1 aromatic carbocycles. The van der Waals surface area contributed by atoms with E-state index < -0.39 is 0 Å². The lowest BCUT2D eigenvalue weighted by molar-refractivity contribution is 0.0730. The maximum atomic E-state index is 13.2. The second-order valence-corrected chi connectivity index (χ2v) is 8.95. The number of carbonyl (C=O) groups is 2. The molecule has 7 heteroatoms. The SMILES string of the molecule is Cc1ccc(C(=O)N2CCc3c(cn(C4CC4)c(=O)c3C(=O)N3CCCC3)C2)c(O)c1. The normalized spacial score (nSPS) is 18.2. The number of hydrogen-bond donors (Lipinski definition) is 1. The number of phenolic OH excluding ortho intramolecular Hbond substituents is 1. The van der Waals surface area contributed by atoms with Crippen LogP contribution in [-0.4, -0.2) is 50.9 Å². The van der Waals surface area contributed by atoms with Crippen LogP contribution in [0.15, 0.2) is 29.2 Å². The van der Waals surface area contributed by atoms with Gasteiger partial charge in [0.15, 0.2) is 0 Å². The Morgan fingerprint density at radius 2 is 1.77 bits per heavy atom. The van der Waals surface area contributed by atoms with Crippen LogP contribution in [0.5, 0.6) is 5.75 Å². The molecule has 1 aliphatic carbocycles. The standard InChI is InChI=1S/C24H27N3O4/c1-15-4-7-19(20(28)12-15)22(29)26-11-8-18-16(13-26)14-27(17-5-6-17)24(31)21(18)23(30)25-9-2-3-10-25/h4,7,12,14,17,28H,2-3,5-6,8-11,13H2,1H3. The fourth-order valence-corrected chi connectivity index (χ4v) is 4.77. The fraction of sp³-hybridized carbons (Fsp3) is 0.458. The van der Waals surface area contributed by atoms with E-state index in [1.807, 2.05) is 19.2 Å². The summed E-state index contributed by atoms with van der Waals surface area (Å²) >= 11 is 0. The summed E-state index contributed by atoms with van der Waals surface area (Å²) in [6.07, 6.45) is 6.14. The lowest BCUT2D eigenvalue weighted by atomic mass is 9.95. The molecular formula is C24H27N3O4. The molecule has 0 atom stereocenters. The average molecular weight is 421 g/mol. The zero-order valence-corrected chi connectivity index (χ0v) is 17.8. The molecule has 2 aliphatic heterocycles. The van der Waals surface area contributed by atoms with Crippen LogP contribution < -0.4 is 5.56 Å². The lowest BCUT2D eigenvalue weighted by Crippen LogP contribution is -2.42. The minimum atomic E-state index is -0.236. The highest BCUT2D eigenvalue weighted by atomic mass is 16.3. The third kappa shape index (κ3) is 3.52. The van der Waals surface area contributed by atoms with Gasteiger partial charge in [-0.3, -0.25) is 14.4 Å². The van der Waals surface area contributed by atoms with Crippen molar-refractivity contribution in [2.24, 2.45) is 0 Å². The van der Waals surface area contributed by atoms with E-state index in [-0.39, 0.29) is 34.7 Å². The Bertz CT molecular complexity index is 1130. The maximum Gasteiger partial charge on any atom is 0.263 e. The van der Waals surface area contributed by atoms with Crippen molar-refractivity contribution in [1.29, 1.82) is 0 Å². The van der Waals surface area contributed by atoms with Gasteiger partial charge < -0.3 is 19.5 Å². The summed E-state index contributed by atoms with van der Waals surface area (Å²) in [5.74, 6) is -0.423. The molecule has 2 amide bonds. The Kier molecular flexibility index (Phi) is 4.84. The number of amides is 2. The zero-order chi connectivity index (χ0) is 21.7. The topological polar surface area (TPSA) is 82.9 Å². The highest BCUT2D eigenvalue weighted by Crippen LogP contribution is 2.35. The largest absolute Gasteiger partial charge is 0.507 e. The van der Waals surface area contributed by atoms with E-state index in [9.17, 15) is 19.5 Å². The highest BCUT2D eigenvalue weighted by molar-refractivity contribution is 5.98. The molecule has 162 valence electrons. The van der Waals surface area contributed by atoms with E-state index >= 15 is 0 Å². The number of benzene rings is 1. The van der Waals surface area contributed by atoms with Crippen LogP contribution in [0.25, 0.3) is 0 Å². The Hall–Kier alpha value is -3.09. The minimum absolute atomic E-state index is 0.0244. The second kappa shape index (κ2) is 7.55. The fourth-order valence-electron chi connectivity index (χ4n) is 4.77. The van der Waals surface area contributed by atoms with Gasteiger partial charge in [0.25, 0.3) is 17.4 Å². The Morgan fingerprint density at radius 3 is 2.45 bits per heavy atom. The number of pyridine rings is 1. The van der Waals surface area contributed by atoms with Crippen LogP contribution >= 0.6 is 0 Å². The number of phenols is 1. The number of fused-ring (bicyclic) bond motifs is 1. The summed E-state index contributed by atoms with van der Waals surface area (Å²) in [6.45, 7) is 3.99. The first-order valence-electron chi connectivity index (χ1n) is 11.1. The van der Waals surface area contributed by atoms with E-state index in [4.69, 9.17) is 0 Å². The van der Waals surface area contributed by atoms with Gasteiger partial charge in [0.2, 0.25) is 0 Å². The van der Waals surface area contributed by atoms with Crippen molar-refractivity contribution in [1.82, 2.24) is 14.4 Å². The van der Waals surface area contributed by atoms with Crippen LogP contribution in [0.3, 0.4) is 0 Å². The molecule has 0 radical (unpaired) electrons. The molecule has 31 heavy (non-hydrogen) atoms. The molecule has 0 bridgehead atoms. The molecule has 1 saturated carbocycles. The minimum Gasteiger partial charge on any atom is -0.507 e. The highest BCUT2D eigenvalue weighted by Gasteiger charge is 2.34. The molecule has 5 rings (SSSR count). The number of nitrogens with zero attached hydrogens (tertiary/aromatic N) is 3. The third-order valence-corrected chi connectivity index (χ3v) is 6.64. The van der Waals surface area contributed by atoms with Crippen LogP contribution in [0.1, 0.15) is 69.1 Å². The second-order valence-electron chi connectivity index (χ2n) is 8.95. The number of carbonyl (C=O) groups excluding carboxylic acids is 2. The van der Waals surface area contributed by atoms with Crippen molar-refractivity contribution in [3.05, 3.63) is 62.6 Å². The Balaban J connectivity index is 1.51. The van der Waals surface area contributed by atoms with Crippen molar-refractivity contribution in [3.8, 4) is 5.75 Å². The summed E-state index contributed by atoms with van der Waals surface area (Å²) in [5, 5.41) is 10.2. The summed E-state index contributed by atoms with van der Waals surface area (Å²) < 4.78 is 1.71. The van der Waals surface area contributed by atoms with Crippen molar-refractivity contribution in [2.75, 3.05) is 19.6 Å². The molecule has 1 aromatic heterocycles. The number of hydrogen-bond acceptors (Lipinski definition) is 4. The van der Waals surface area contributed by atoms with Gasteiger partial charge in [-0.05, 0) is 67.9 Å². The predicted octanol–water partition coefficient (Wildman–Crippen LogP) is 2.63. The summed E-state index contributed by atoms with van der Waals surface area (Å²) in [4.78, 5) is 43.1. The molecule has 2 aromatic rings. The molecule has 3 aliphatic rings.